The second-order valence-corrected chi connectivity index (χ2v) is 3.84. The summed E-state index contributed by atoms with van der Waals surface area (Å²) in [6, 6.07) is 1.70. The van der Waals surface area contributed by atoms with Gasteiger partial charge >= 0.3 is 5.97 Å². The number of nitrogens with zero attached hydrogens (tertiary/aromatic N) is 1. The second-order valence-electron chi connectivity index (χ2n) is 3.84. The first kappa shape index (κ1) is 17.0. The standard InChI is InChI=1S/C14H16FNO2.CH4/c1-4-11(5-10(2)15)6-12-7-13(9-16-8-12)14(17)18-3;/h4-5,7-9H,6H2,1-3H3;1H4/b10-5+,11-4+;. The van der Waals surface area contributed by atoms with Crippen LogP contribution < -0.4 is 0 Å². The van der Waals surface area contributed by atoms with Crippen molar-refractivity contribution in [2.24, 2.45) is 0 Å². The van der Waals surface area contributed by atoms with Gasteiger partial charge < -0.3 is 4.74 Å². The molecular weight excluding hydrogens is 245 g/mol. The summed E-state index contributed by atoms with van der Waals surface area (Å²) in [5, 5.41) is 0. The molecule has 0 aromatic carbocycles. The number of ether oxygens (including phenoxy) is 1. The van der Waals surface area contributed by atoms with Crippen LogP contribution in [0.2, 0.25) is 0 Å². The Kier molecular flexibility index (Phi) is 7.34. The van der Waals surface area contributed by atoms with Crippen LogP contribution in [0, 0.1) is 0 Å². The van der Waals surface area contributed by atoms with E-state index in [-0.39, 0.29) is 13.3 Å². The summed E-state index contributed by atoms with van der Waals surface area (Å²) < 4.78 is 17.5. The van der Waals surface area contributed by atoms with Crippen molar-refractivity contribution in [2.75, 3.05) is 7.11 Å². The van der Waals surface area contributed by atoms with E-state index in [0.29, 0.717) is 12.0 Å². The zero-order valence-corrected chi connectivity index (χ0v) is 10.7. The van der Waals surface area contributed by atoms with Gasteiger partial charge in [-0.1, -0.05) is 13.5 Å². The molecule has 1 aromatic heterocycles. The third-order valence-corrected chi connectivity index (χ3v) is 2.38. The zero-order valence-electron chi connectivity index (χ0n) is 10.7. The lowest BCUT2D eigenvalue weighted by atomic mass is 10.0. The van der Waals surface area contributed by atoms with Crippen molar-refractivity contribution in [3.63, 3.8) is 0 Å². The average molecular weight is 265 g/mol. The van der Waals surface area contributed by atoms with E-state index in [4.69, 9.17) is 0 Å². The van der Waals surface area contributed by atoms with Gasteiger partial charge in [0.05, 0.1) is 18.5 Å². The van der Waals surface area contributed by atoms with Crippen LogP contribution in [0.15, 0.2) is 42.0 Å². The summed E-state index contributed by atoms with van der Waals surface area (Å²) in [6.07, 6.45) is 6.91. The number of hydrogen-bond donors (Lipinski definition) is 0. The molecule has 0 saturated carbocycles. The number of rotatable bonds is 4. The Bertz CT molecular complexity index is 489. The minimum absolute atomic E-state index is 0. The van der Waals surface area contributed by atoms with Gasteiger partial charge in [0, 0.05) is 12.4 Å². The summed E-state index contributed by atoms with van der Waals surface area (Å²) in [5.41, 5.74) is 2.06. The van der Waals surface area contributed by atoms with Crippen LogP contribution in [-0.4, -0.2) is 18.1 Å². The number of esters is 1. The Morgan fingerprint density at radius 1 is 1.47 bits per heavy atom. The first-order valence-corrected chi connectivity index (χ1v) is 5.58. The Hall–Kier alpha value is -1.97. The van der Waals surface area contributed by atoms with E-state index >= 15 is 0 Å². The van der Waals surface area contributed by atoms with Crippen molar-refractivity contribution < 1.29 is 13.9 Å². The van der Waals surface area contributed by atoms with Crippen molar-refractivity contribution >= 4 is 5.97 Å². The highest BCUT2D eigenvalue weighted by Crippen LogP contribution is 2.13. The number of methoxy groups -OCH3 is 1. The van der Waals surface area contributed by atoms with Crippen molar-refractivity contribution in [3.05, 3.63) is 53.1 Å². The highest BCUT2D eigenvalue weighted by Gasteiger charge is 2.07. The molecule has 0 fully saturated rings. The van der Waals surface area contributed by atoms with Crippen molar-refractivity contribution in [1.82, 2.24) is 4.98 Å². The number of hydrogen-bond acceptors (Lipinski definition) is 3. The van der Waals surface area contributed by atoms with E-state index in [0.717, 1.165) is 11.1 Å². The molecule has 1 heterocycles. The van der Waals surface area contributed by atoms with E-state index in [1.807, 2.05) is 13.0 Å². The minimum atomic E-state index is -0.427. The minimum Gasteiger partial charge on any atom is -0.465 e. The number of pyridine rings is 1. The largest absolute Gasteiger partial charge is 0.465 e. The monoisotopic (exact) mass is 265 g/mol. The van der Waals surface area contributed by atoms with Gasteiger partial charge in [0.1, 0.15) is 0 Å². The van der Waals surface area contributed by atoms with Gasteiger partial charge in [0.15, 0.2) is 0 Å². The molecule has 0 aliphatic rings. The molecule has 3 nitrogen and oxygen atoms in total. The van der Waals surface area contributed by atoms with E-state index in [2.05, 4.69) is 9.72 Å². The first-order chi connectivity index (χ1) is 8.56. The fraction of sp³-hybridized carbons (Fsp3) is 0.333. The van der Waals surface area contributed by atoms with Crippen LogP contribution >= 0.6 is 0 Å². The van der Waals surface area contributed by atoms with E-state index in [1.54, 1.807) is 12.3 Å². The number of allylic oxidation sites excluding steroid dienone is 4. The molecule has 0 spiro atoms. The van der Waals surface area contributed by atoms with Crippen LogP contribution in [0.4, 0.5) is 4.39 Å². The van der Waals surface area contributed by atoms with Crippen LogP contribution in [0.1, 0.15) is 37.2 Å². The van der Waals surface area contributed by atoms with Crippen LogP contribution in [0.25, 0.3) is 0 Å². The molecule has 104 valence electrons. The molecule has 4 heteroatoms. The summed E-state index contributed by atoms with van der Waals surface area (Å²) in [6.45, 7) is 3.24. The molecule has 1 aromatic rings. The molecular formula is C15H20FNO2. The normalized spacial score (nSPS) is 11.8. The summed E-state index contributed by atoms with van der Waals surface area (Å²) >= 11 is 0. The van der Waals surface area contributed by atoms with Gasteiger partial charge in [-0.05, 0) is 43.5 Å². The predicted octanol–water partition coefficient (Wildman–Crippen LogP) is 3.87. The maximum absolute atomic E-state index is 12.8. The van der Waals surface area contributed by atoms with Gasteiger partial charge in [0.25, 0.3) is 0 Å². The van der Waals surface area contributed by atoms with Gasteiger partial charge in [-0.25, -0.2) is 9.18 Å². The number of carbonyl (C=O) groups is 1. The van der Waals surface area contributed by atoms with Gasteiger partial charge in [-0.3, -0.25) is 4.98 Å². The van der Waals surface area contributed by atoms with Crippen LogP contribution in [-0.2, 0) is 11.2 Å². The lowest BCUT2D eigenvalue weighted by Crippen LogP contribution is -2.03. The summed E-state index contributed by atoms with van der Waals surface area (Å²) in [5.74, 6) is -0.677. The Balaban J connectivity index is 0.00000324. The Labute approximate surface area is 113 Å². The fourth-order valence-electron chi connectivity index (χ4n) is 1.54. The number of halogens is 1. The Morgan fingerprint density at radius 3 is 2.68 bits per heavy atom. The average Bonchev–Trinajstić information content (AvgIpc) is 2.36. The molecule has 0 N–H and O–H groups in total. The Morgan fingerprint density at radius 2 is 2.16 bits per heavy atom. The molecule has 0 bridgehead atoms. The fourth-order valence-corrected chi connectivity index (χ4v) is 1.54. The molecule has 1 rings (SSSR count). The molecule has 0 amide bonds. The van der Waals surface area contributed by atoms with Crippen molar-refractivity contribution in [2.45, 2.75) is 27.7 Å². The van der Waals surface area contributed by atoms with Gasteiger partial charge in [-0.15, -0.1) is 0 Å². The highest BCUT2D eigenvalue weighted by molar-refractivity contribution is 5.89. The first-order valence-electron chi connectivity index (χ1n) is 5.58. The predicted molar refractivity (Wildman–Crippen MR) is 74.6 cm³/mol. The highest BCUT2D eigenvalue weighted by atomic mass is 19.1. The van der Waals surface area contributed by atoms with Crippen molar-refractivity contribution in [1.29, 1.82) is 0 Å². The third-order valence-electron chi connectivity index (χ3n) is 2.38. The van der Waals surface area contributed by atoms with Gasteiger partial charge in [-0.2, -0.15) is 0 Å². The topological polar surface area (TPSA) is 39.2 Å². The maximum Gasteiger partial charge on any atom is 0.339 e. The van der Waals surface area contributed by atoms with E-state index < -0.39 is 5.97 Å². The number of carbonyl (C=O) groups excluding carboxylic acids is 1. The summed E-state index contributed by atoms with van der Waals surface area (Å²) in [7, 11) is 1.32. The molecule has 0 aliphatic heterocycles. The lowest BCUT2D eigenvalue weighted by molar-refractivity contribution is 0.0600. The number of aromatic nitrogens is 1. The SMILES string of the molecule is C.C/C=C(\C=C(/C)F)Cc1cncc(C(=O)OC)c1. The van der Waals surface area contributed by atoms with Crippen LogP contribution in [0.5, 0.6) is 0 Å². The van der Waals surface area contributed by atoms with E-state index in [1.165, 1.54) is 26.3 Å². The zero-order chi connectivity index (χ0) is 13.5. The molecule has 19 heavy (non-hydrogen) atoms. The maximum atomic E-state index is 12.8. The second kappa shape index (κ2) is 8.19. The summed E-state index contributed by atoms with van der Waals surface area (Å²) in [4.78, 5) is 15.3. The van der Waals surface area contributed by atoms with Crippen LogP contribution in [0.3, 0.4) is 0 Å². The molecule has 0 atom stereocenters. The van der Waals surface area contributed by atoms with Crippen molar-refractivity contribution in [3.8, 4) is 0 Å². The quantitative estimate of drug-likeness (QED) is 0.613. The third kappa shape index (κ3) is 5.46. The van der Waals surface area contributed by atoms with Gasteiger partial charge in [0.2, 0.25) is 0 Å². The molecule has 0 aliphatic carbocycles. The molecule has 0 saturated heterocycles. The lowest BCUT2D eigenvalue weighted by Gasteiger charge is -2.04. The molecule has 0 radical (unpaired) electrons. The smallest absolute Gasteiger partial charge is 0.339 e. The van der Waals surface area contributed by atoms with E-state index in [9.17, 15) is 9.18 Å². The molecule has 0 unspecified atom stereocenters.